The zero-order valence-corrected chi connectivity index (χ0v) is 7.84. The molecule has 1 heterocycles. The first kappa shape index (κ1) is 8.09. The maximum absolute atomic E-state index is 4.54. The summed E-state index contributed by atoms with van der Waals surface area (Å²) in [6.45, 7) is 3.35. The van der Waals surface area contributed by atoms with Crippen molar-refractivity contribution in [2.75, 3.05) is 6.54 Å². The smallest absolute Gasteiger partial charge is 0.0965 e. The highest BCUT2D eigenvalue weighted by atomic mass is 15.1. The van der Waals surface area contributed by atoms with Gasteiger partial charge in [-0.15, -0.1) is 0 Å². The molecular formula is C10H18N2. The summed E-state index contributed by atoms with van der Waals surface area (Å²) in [5.74, 6) is 2.16. The Morgan fingerprint density at radius 1 is 1.33 bits per heavy atom. The Bertz CT molecular complexity index is 186. The Balaban J connectivity index is 1.81. The molecule has 1 N–H and O–H groups in total. The lowest BCUT2D eigenvalue weighted by molar-refractivity contribution is 0.726. The minimum atomic E-state index is 0.752. The van der Waals surface area contributed by atoms with Crippen LogP contribution in [-0.4, -0.2) is 18.4 Å². The Morgan fingerprint density at radius 2 is 2.17 bits per heavy atom. The monoisotopic (exact) mass is 166 g/mol. The summed E-state index contributed by atoms with van der Waals surface area (Å²) in [6, 6.07) is 0.752. The van der Waals surface area contributed by atoms with Gasteiger partial charge in [-0.05, 0) is 25.2 Å². The second-order valence-electron chi connectivity index (χ2n) is 4.10. The van der Waals surface area contributed by atoms with Crippen LogP contribution in [0, 0.1) is 5.92 Å². The Hall–Kier alpha value is -0.530. The lowest BCUT2D eigenvalue weighted by atomic mass is 10.2. The second kappa shape index (κ2) is 3.46. The molecule has 2 nitrogen and oxygen atoms in total. The summed E-state index contributed by atoms with van der Waals surface area (Å²) < 4.78 is 0. The normalized spacial score (nSPS) is 35.2. The van der Waals surface area contributed by atoms with Gasteiger partial charge in [0.05, 0.1) is 5.84 Å². The fraction of sp³-hybridized carbons (Fsp3) is 0.900. The van der Waals surface area contributed by atoms with Crippen LogP contribution in [0.1, 0.15) is 39.0 Å². The Labute approximate surface area is 74.5 Å². The topological polar surface area (TPSA) is 24.4 Å². The highest BCUT2D eigenvalue weighted by molar-refractivity contribution is 5.82. The van der Waals surface area contributed by atoms with E-state index in [1.165, 1.54) is 37.9 Å². The Morgan fingerprint density at radius 3 is 2.92 bits per heavy atom. The van der Waals surface area contributed by atoms with E-state index in [0.717, 1.165) is 18.5 Å². The molecule has 12 heavy (non-hydrogen) atoms. The van der Waals surface area contributed by atoms with Crippen molar-refractivity contribution < 1.29 is 0 Å². The van der Waals surface area contributed by atoms with Crippen molar-refractivity contribution in [3.63, 3.8) is 0 Å². The summed E-state index contributed by atoms with van der Waals surface area (Å²) in [4.78, 5) is 4.54. The third-order valence-corrected chi connectivity index (χ3v) is 2.84. The lowest BCUT2D eigenvalue weighted by Crippen LogP contribution is -2.26. The van der Waals surface area contributed by atoms with Crippen LogP contribution in [0.25, 0.3) is 0 Å². The van der Waals surface area contributed by atoms with Gasteiger partial charge in [0.25, 0.3) is 0 Å². The fourth-order valence-electron chi connectivity index (χ4n) is 1.73. The molecule has 2 aliphatic rings. The average Bonchev–Trinajstić information content (AvgIpc) is 2.78. The molecule has 1 aliphatic heterocycles. The first-order chi connectivity index (χ1) is 5.86. The van der Waals surface area contributed by atoms with Crippen LogP contribution in [0.15, 0.2) is 4.99 Å². The SMILES string of the molecule is CC1CC1NC1=NCCCCC1. The summed E-state index contributed by atoms with van der Waals surface area (Å²) in [5, 5.41) is 3.53. The molecule has 0 bridgehead atoms. The summed E-state index contributed by atoms with van der Waals surface area (Å²) >= 11 is 0. The van der Waals surface area contributed by atoms with Gasteiger partial charge in [-0.2, -0.15) is 0 Å². The summed E-state index contributed by atoms with van der Waals surface area (Å²) in [5.41, 5.74) is 0. The number of hydrogen-bond donors (Lipinski definition) is 1. The summed E-state index contributed by atoms with van der Waals surface area (Å²) in [7, 11) is 0. The van der Waals surface area contributed by atoms with Gasteiger partial charge in [0, 0.05) is 19.0 Å². The number of nitrogens with one attached hydrogen (secondary N) is 1. The van der Waals surface area contributed by atoms with E-state index in [0.29, 0.717) is 0 Å². The zero-order chi connectivity index (χ0) is 8.39. The molecule has 1 fully saturated rings. The van der Waals surface area contributed by atoms with E-state index in [1.807, 2.05) is 0 Å². The van der Waals surface area contributed by atoms with Crippen LogP contribution in [0.5, 0.6) is 0 Å². The highest BCUT2D eigenvalue weighted by Crippen LogP contribution is 2.29. The van der Waals surface area contributed by atoms with E-state index in [-0.39, 0.29) is 0 Å². The van der Waals surface area contributed by atoms with Gasteiger partial charge >= 0.3 is 0 Å². The van der Waals surface area contributed by atoms with Crippen LogP contribution < -0.4 is 5.32 Å². The van der Waals surface area contributed by atoms with Gasteiger partial charge in [-0.3, -0.25) is 4.99 Å². The van der Waals surface area contributed by atoms with Crippen molar-refractivity contribution in [2.45, 2.75) is 45.1 Å². The number of rotatable bonds is 1. The van der Waals surface area contributed by atoms with Crippen LogP contribution in [0.3, 0.4) is 0 Å². The van der Waals surface area contributed by atoms with Crippen molar-refractivity contribution in [3.8, 4) is 0 Å². The zero-order valence-electron chi connectivity index (χ0n) is 7.84. The van der Waals surface area contributed by atoms with Gasteiger partial charge in [-0.1, -0.05) is 13.3 Å². The molecule has 0 aromatic rings. The number of nitrogens with zero attached hydrogens (tertiary/aromatic N) is 1. The van der Waals surface area contributed by atoms with E-state index >= 15 is 0 Å². The molecule has 2 unspecified atom stereocenters. The standard InChI is InChI=1S/C10H18N2/c1-8-7-9(8)12-10-5-3-2-4-6-11-10/h8-9H,2-7H2,1H3,(H,11,12). The van der Waals surface area contributed by atoms with Crippen LogP contribution >= 0.6 is 0 Å². The molecule has 0 amide bonds. The highest BCUT2D eigenvalue weighted by Gasteiger charge is 2.32. The number of hydrogen-bond acceptors (Lipinski definition) is 2. The molecular weight excluding hydrogens is 148 g/mol. The predicted molar refractivity (Wildman–Crippen MR) is 51.5 cm³/mol. The van der Waals surface area contributed by atoms with E-state index in [2.05, 4.69) is 17.2 Å². The van der Waals surface area contributed by atoms with E-state index < -0.39 is 0 Å². The molecule has 0 aromatic heterocycles. The van der Waals surface area contributed by atoms with Gasteiger partial charge in [0.1, 0.15) is 0 Å². The largest absolute Gasteiger partial charge is 0.371 e. The molecule has 0 spiro atoms. The number of amidine groups is 1. The van der Waals surface area contributed by atoms with E-state index in [9.17, 15) is 0 Å². The van der Waals surface area contributed by atoms with Gasteiger partial charge in [0.2, 0.25) is 0 Å². The third-order valence-electron chi connectivity index (χ3n) is 2.84. The fourth-order valence-corrected chi connectivity index (χ4v) is 1.73. The predicted octanol–water partition coefficient (Wildman–Crippen LogP) is 1.96. The molecule has 1 saturated carbocycles. The minimum absolute atomic E-state index is 0.752. The van der Waals surface area contributed by atoms with Crippen molar-refractivity contribution in [3.05, 3.63) is 0 Å². The van der Waals surface area contributed by atoms with E-state index in [1.54, 1.807) is 0 Å². The van der Waals surface area contributed by atoms with Crippen LogP contribution in [0.4, 0.5) is 0 Å². The van der Waals surface area contributed by atoms with Crippen molar-refractivity contribution in [2.24, 2.45) is 10.9 Å². The minimum Gasteiger partial charge on any atom is -0.371 e. The van der Waals surface area contributed by atoms with Gasteiger partial charge in [0.15, 0.2) is 0 Å². The first-order valence-electron chi connectivity index (χ1n) is 5.16. The number of aliphatic imine (C=N–C) groups is 1. The molecule has 2 atom stereocenters. The maximum atomic E-state index is 4.54. The average molecular weight is 166 g/mol. The van der Waals surface area contributed by atoms with Crippen molar-refractivity contribution >= 4 is 5.84 Å². The molecule has 2 heteroatoms. The maximum Gasteiger partial charge on any atom is 0.0965 e. The third kappa shape index (κ3) is 1.99. The quantitative estimate of drug-likeness (QED) is 0.632. The molecule has 1 aliphatic carbocycles. The van der Waals surface area contributed by atoms with Gasteiger partial charge in [-0.25, -0.2) is 0 Å². The van der Waals surface area contributed by atoms with E-state index in [4.69, 9.17) is 0 Å². The molecule has 0 radical (unpaired) electrons. The molecule has 2 rings (SSSR count). The lowest BCUT2D eigenvalue weighted by Gasteiger charge is -2.06. The van der Waals surface area contributed by atoms with Crippen molar-refractivity contribution in [1.29, 1.82) is 0 Å². The van der Waals surface area contributed by atoms with Crippen molar-refractivity contribution in [1.82, 2.24) is 5.32 Å². The second-order valence-corrected chi connectivity index (χ2v) is 4.10. The molecule has 68 valence electrons. The van der Waals surface area contributed by atoms with Crippen LogP contribution in [0.2, 0.25) is 0 Å². The Kier molecular flexibility index (Phi) is 2.33. The molecule has 0 aromatic carbocycles. The van der Waals surface area contributed by atoms with Gasteiger partial charge < -0.3 is 5.32 Å². The first-order valence-corrected chi connectivity index (χ1v) is 5.16. The molecule has 0 saturated heterocycles. The van der Waals surface area contributed by atoms with Crippen LogP contribution in [-0.2, 0) is 0 Å². The summed E-state index contributed by atoms with van der Waals surface area (Å²) in [6.07, 6.45) is 6.50.